The first-order valence-electron chi connectivity index (χ1n) is 4.18. The van der Waals surface area contributed by atoms with E-state index in [9.17, 15) is 0 Å². The van der Waals surface area contributed by atoms with Crippen molar-refractivity contribution < 1.29 is 0 Å². The number of nitrogens with zero attached hydrogens (tertiary/aromatic N) is 2. The van der Waals surface area contributed by atoms with Gasteiger partial charge in [-0.05, 0) is 27.4 Å². The zero-order valence-electron chi connectivity index (χ0n) is 7.58. The second-order valence-corrected chi connectivity index (χ2v) is 5.16. The van der Waals surface area contributed by atoms with Crippen molar-refractivity contribution >= 4 is 44.7 Å². The van der Waals surface area contributed by atoms with E-state index in [4.69, 9.17) is 11.6 Å². The Bertz CT molecular complexity index is 460. The number of rotatable bonds is 3. The molecule has 0 saturated heterocycles. The standard InChI is InChI=1S/C9H7BrClN3S/c10-7-4-12-5-14-9(7)13-3-6-1-2-15-8(6)11/h1-2,4-5H,3H2,(H,12,13,14). The molecule has 0 aliphatic heterocycles. The van der Waals surface area contributed by atoms with E-state index in [1.807, 2.05) is 11.4 Å². The van der Waals surface area contributed by atoms with Crippen molar-refractivity contribution in [2.75, 3.05) is 5.32 Å². The number of aromatic nitrogens is 2. The highest BCUT2D eigenvalue weighted by Gasteiger charge is 2.03. The van der Waals surface area contributed by atoms with Gasteiger partial charge in [0.1, 0.15) is 12.1 Å². The minimum Gasteiger partial charge on any atom is -0.365 e. The molecule has 2 aromatic heterocycles. The van der Waals surface area contributed by atoms with Crippen LogP contribution in [0.15, 0.2) is 28.4 Å². The van der Waals surface area contributed by atoms with Gasteiger partial charge in [-0.2, -0.15) is 0 Å². The second kappa shape index (κ2) is 4.92. The largest absolute Gasteiger partial charge is 0.365 e. The molecule has 0 amide bonds. The van der Waals surface area contributed by atoms with Crippen LogP contribution >= 0.6 is 38.9 Å². The molecule has 78 valence electrons. The predicted molar refractivity (Wildman–Crippen MR) is 66.4 cm³/mol. The van der Waals surface area contributed by atoms with E-state index in [2.05, 4.69) is 31.2 Å². The monoisotopic (exact) mass is 303 g/mol. The van der Waals surface area contributed by atoms with Crippen LogP contribution in [-0.4, -0.2) is 9.97 Å². The van der Waals surface area contributed by atoms with Crippen molar-refractivity contribution in [2.45, 2.75) is 6.54 Å². The summed E-state index contributed by atoms with van der Waals surface area (Å²) in [5.41, 5.74) is 1.08. The van der Waals surface area contributed by atoms with E-state index < -0.39 is 0 Å². The summed E-state index contributed by atoms with van der Waals surface area (Å²) in [7, 11) is 0. The van der Waals surface area contributed by atoms with Crippen LogP contribution in [0.3, 0.4) is 0 Å². The molecule has 0 radical (unpaired) electrons. The zero-order valence-corrected chi connectivity index (χ0v) is 10.7. The summed E-state index contributed by atoms with van der Waals surface area (Å²) in [6.45, 7) is 0.665. The molecule has 2 heterocycles. The summed E-state index contributed by atoms with van der Waals surface area (Å²) in [6.07, 6.45) is 3.20. The number of thiophene rings is 1. The topological polar surface area (TPSA) is 37.8 Å². The van der Waals surface area contributed by atoms with Gasteiger partial charge in [0.05, 0.1) is 8.81 Å². The molecular formula is C9H7BrClN3S. The van der Waals surface area contributed by atoms with E-state index in [-0.39, 0.29) is 0 Å². The lowest BCUT2D eigenvalue weighted by molar-refractivity contribution is 1.08. The molecule has 3 nitrogen and oxygen atoms in total. The summed E-state index contributed by atoms with van der Waals surface area (Å²) in [5.74, 6) is 0.771. The van der Waals surface area contributed by atoms with Crippen molar-refractivity contribution in [3.05, 3.63) is 38.3 Å². The first kappa shape index (κ1) is 10.9. The molecule has 15 heavy (non-hydrogen) atoms. The van der Waals surface area contributed by atoms with Gasteiger partial charge in [-0.3, -0.25) is 0 Å². The third kappa shape index (κ3) is 2.68. The van der Waals surface area contributed by atoms with Crippen molar-refractivity contribution in [2.24, 2.45) is 0 Å². The fourth-order valence-corrected chi connectivity index (χ4v) is 2.36. The fourth-order valence-electron chi connectivity index (χ4n) is 1.07. The zero-order chi connectivity index (χ0) is 10.7. The highest BCUT2D eigenvalue weighted by atomic mass is 79.9. The number of halogens is 2. The minimum absolute atomic E-state index is 0.665. The van der Waals surface area contributed by atoms with Crippen LogP contribution in [-0.2, 0) is 6.54 Å². The van der Waals surface area contributed by atoms with E-state index in [0.717, 1.165) is 20.2 Å². The van der Waals surface area contributed by atoms with Crippen molar-refractivity contribution in [3.8, 4) is 0 Å². The van der Waals surface area contributed by atoms with Crippen LogP contribution in [0.2, 0.25) is 4.34 Å². The average Bonchev–Trinajstić information content (AvgIpc) is 2.63. The summed E-state index contributed by atoms with van der Waals surface area (Å²) >= 11 is 10.9. The van der Waals surface area contributed by atoms with Gasteiger partial charge in [-0.1, -0.05) is 11.6 Å². The van der Waals surface area contributed by atoms with Crippen molar-refractivity contribution in [1.82, 2.24) is 9.97 Å². The molecule has 0 spiro atoms. The van der Waals surface area contributed by atoms with Crippen LogP contribution in [0, 0.1) is 0 Å². The Morgan fingerprint density at radius 2 is 2.40 bits per heavy atom. The molecule has 0 bridgehead atoms. The SMILES string of the molecule is Clc1sccc1CNc1ncncc1Br. The predicted octanol–water partition coefficient (Wildman–Crippen LogP) is 3.57. The normalized spacial score (nSPS) is 10.3. The lowest BCUT2D eigenvalue weighted by atomic mass is 10.3. The summed E-state index contributed by atoms with van der Waals surface area (Å²) < 4.78 is 1.66. The molecule has 0 unspecified atom stereocenters. The Hall–Kier alpha value is -0.650. The molecular weight excluding hydrogens is 298 g/mol. The Kier molecular flexibility index (Phi) is 3.56. The third-order valence-corrected chi connectivity index (χ3v) is 3.64. The number of hydrogen-bond acceptors (Lipinski definition) is 4. The van der Waals surface area contributed by atoms with Gasteiger partial charge in [-0.25, -0.2) is 9.97 Å². The van der Waals surface area contributed by atoms with Crippen molar-refractivity contribution in [3.63, 3.8) is 0 Å². The maximum Gasteiger partial charge on any atom is 0.144 e. The van der Waals surface area contributed by atoms with Gasteiger partial charge in [0.15, 0.2) is 0 Å². The summed E-state index contributed by atoms with van der Waals surface area (Å²) in [5, 5.41) is 5.15. The second-order valence-electron chi connectivity index (χ2n) is 2.79. The highest BCUT2D eigenvalue weighted by molar-refractivity contribution is 9.10. The fraction of sp³-hybridized carbons (Fsp3) is 0.111. The molecule has 0 aliphatic rings. The molecule has 2 rings (SSSR count). The Balaban J connectivity index is 2.06. The maximum atomic E-state index is 5.98. The molecule has 1 N–H and O–H groups in total. The van der Waals surface area contributed by atoms with Gasteiger partial charge in [0, 0.05) is 18.3 Å². The third-order valence-electron chi connectivity index (χ3n) is 1.81. The van der Waals surface area contributed by atoms with E-state index in [0.29, 0.717) is 6.54 Å². The lowest BCUT2D eigenvalue weighted by Gasteiger charge is -2.05. The first-order valence-corrected chi connectivity index (χ1v) is 6.23. The Morgan fingerprint density at radius 1 is 1.53 bits per heavy atom. The smallest absolute Gasteiger partial charge is 0.144 e. The Labute approximate surface area is 105 Å². The molecule has 6 heteroatoms. The maximum absolute atomic E-state index is 5.98. The quantitative estimate of drug-likeness (QED) is 0.942. The molecule has 0 atom stereocenters. The van der Waals surface area contributed by atoms with E-state index in [1.165, 1.54) is 17.7 Å². The van der Waals surface area contributed by atoms with E-state index >= 15 is 0 Å². The van der Waals surface area contributed by atoms with Gasteiger partial charge in [0.25, 0.3) is 0 Å². The number of hydrogen-bond donors (Lipinski definition) is 1. The van der Waals surface area contributed by atoms with Crippen LogP contribution < -0.4 is 5.32 Å². The van der Waals surface area contributed by atoms with Gasteiger partial charge >= 0.3 is 0 Å². The van der Waals surface area contributed by atoms with E-state index in [1.54, 1.807) is 6.20 Å². The summed E-state index contributed by atoms with van der Waals surface area (Å²) in [4.78, 5) is 7.98. The molecule has 0 aromatic carbocycles. The van der Waals surface area contributed by atoms with Crippen LogP contribution in [0.4, 0.5) is 5.82 Å². The van der Waals surface area contributed by atoms with Crippen LogP contribution in [0.1, 0.15) is 5.56 Å². The molecule has 2 aromatic rings. The minimum atomic E-state index is 0.665. The molecule has 0 saturated carbocycles. The highest BCUT2D eigenvalue weighted by Crippen LogP contribution is 2.24. The van der Waals surface area contributed by atoms with Gasteiger partial charge < -0.3 is 5.32 Å². The molecule has 0 fully saturated rings. The Morgan fingerprint density at radius 3 is 3.07 bits per heavy atom. The average molecular weight is 305 g/mol. The van der Waals surface area contributed by atoms with Crippen LogP contribution in [0.5, 0.6) is 0 Å². The summed E-state index contributed by atoms with van der Waals surface area (Å²) in [6, 6.07) is 2.00. The number of anilines is 1. The van der Waals surface area contributed by atoms with Gasteiger partial charge in [-0.15, -0.1) is 11.3 Å². The van der Waals surface area contributed by atoms with Crippen molar-refractivity contribution in [1.29, 1.82) is 0 Å². The van der Waals surface area contributed by atoms with Gasteiger partial charge in [0.2, 0.25) is 0 Å². The van der Waals surface area contributed by atoms with Crippen LogP contribution in [0.25, 0.3) is 0 Å². The number of nitrogens with one attached hydrogen (secondary N) is 1. The molecule has 0 aliphatic carbocycles. The lowest BCUT2D eigenvalue weighted by Crippen LogP contribution is -2.01. The first-order chi connectivity index (χ1) is 7.27.